The third-order valence-corrected chi connectivity index (χ3v) is 5.45. The van der Waals surface area contributed by atoms with Gasteiger partial charge < -0.3 is 0 Å². The van der Waals surface area contributed by atoms with E-state index in [-0.39, 0.29) is 0 Å². The van der Waals surface area contributed by atoms with E-state index in [2.05, 4.69) is 0 Å². The average Bonchev–Trinajstić information content (AvgIpc) is 3.11. The van der Waals surface area contributed by atoms with Gasteiger partial charge in [0, 0.05) is 15.5 Å². The Morgan fingerprint density at radius 1 is 1.00 bits per heavy atom. The summed E-state index contributed by atoms with van der Waals surface area (Å²) in [5.41, 5.74) is 5.43. The summed E-state index contributed by atoms with van der Waals surface area (Å²) in [7, 11) is 0. The van der Waals surface area contributed by atoms with Gasteiger partial charge in [0.05, 0.1) is 5.69 Å². The van der Waals surface area contributed by atoms with Crippen LogP contribution in [0.3, 0.4) is 0 Å². The smallest absolute Gasteiger partial charge is 0.195 e. The van der Waals surface area contributed by atoms with Crippen LogP contribution in [-0.4, -0.2) is 15.7 Å². The second kappa shape index (κ2) is 6.14. The Kier molecular flexibility index (Phi) is 3.94. The standard InChI is InChI=1S/C20H15ClN2OS/c1-12-3-5-14(6-4-12)18-17(11-24)23-19(13(2)25-20(23)22-18)15-7-9-16(21)10-8-15/h3-11H,1-2H3. The first-order valence-corrected chi connectivity index (χ1v) is 9.08. The molecule has 25 heavy (non-hydrogen) atoms. The average molecular weight is 367 g/mol. The van der Waals surface area contributed by atoms with E-state index in [0.29, 0.717) is 10.7 Å². The van der Waals surface area contributed by atoms with Crippen molar-refractivity contribution in [1.29, 1.82) is 0 Å². The molecule has 3 nitrogen and oxygen atoms in total. The lowest BCUT2D eigenvalue weighted by molar-refractivity contribution is 0.111. The topological polar surface area (TPSA) is 34.4 Å². The molecule has 0 N–H and O–H groups in total. The molecule has 5 heteroatoms. The van der Waals surface area contributed by atoms with E-state index in [1.54, 1.807) is 11.3 Å². The minimum absolute atomic E-state index is 0.577. The molecule has 0 fully saturated rings. The number of nitrogens with zero attached hydrogens (tertiary/aromatic N) is 2. The van der Waals surface area contributed by atoms with Crippen molar-refractivity contribution in [3.05, 3.63) is 69.7 Å². The number of thiazole rings is 1. The summed E-state index contributed by atoms with van der Waals surface area (Å²) >= 11 is 7.60. The zero-order chi connectivity index (χ0) is 17.6. The highest BCUT2D eigenvalue weighted by atomic mass is 35.5. The first-order chi connectivity index (χ1) is 12.1. The second-order valence-electron chi connectivity index (χ2n) is 5.96. The Morgan fingerprint density at radius 2 is 1.64 bits per heavy atom. The molecule has 4 aromatic rings. The number of hydrogen-bond donors (Lipinski definition) is 0. The maximum absolute atomic E-state index is 11.9. The Labute approximate surface area is 154 Å². The molecule has 0 aliphatic heterocycles. The molecule has 0 saturated carbocycles. The largest absolute Gasteiger partial charge is 0.296 e. The van der Waals surface area contributed by atoms with Crippen LogP contribution in [0.15, 0.2) is 48.5 Å². The number of aldehydes is 1. The molecule has 0 atom stereocenters. The predicted octanol–water partition coefficient (Wildman–Crippen LogP) is 5.81. The third kappa shape index (κ3) is 2.68. The fraction of sp³-hybridized carbons (Fsp3) is 0.100. The van der Waals surface area contributed by atoms with Crippen LogP contribution in [0.5, 0.6) is 0 Å². The van der Waals surface area contributed by atoms with E-state index in [4.69, 9.17) is 16.6 Å². The van der Waals surface area contributed by atoms with Crippen LogP contribution in [0, 0.1) is 13.8 Å². The summed E-state index contributed by atoms with van der Waals surface area (Å²) in [4.78, 5) is 18.6. The highest BCUT2D eigenvalue weighted by Crippen LogP contribution is 2.36. The Morgan fingerprint density at radius 3 is 2.28 bits per heavy atom. The number of benzene rings is 2. The molecular formula is C20H15ClN2OS. The first-order valence-electron chi connectivity index (χ1n) is 7.88. The molecule has 124 valence electrons. The second-order valence-corrected chi connectivity index (χ2v) is 7.58. The number of imidazole rings is 1. The number of aryl methyl sites for hydroxylation is 2. The molecule has 2 heterocycles. The summed E-state index contributed by atoms with van der Waals surface area (Å²) < 4.78 is 1.95. The Hall–Kier alpha value is -2.43. The van der Waals surface area contributed by atoms with Crippen LogP contribution >= 0.6 is 22.9 Å². The van der Waals surface area contributed by atoms with Crippen LogP contribution in [0.25, 0.3) is 27.5 Å². The van der Waals surface area contributed by atoms with Crippen molar-refractivity contribution in [3.63, 3.8) is 0 Å². The van der Waals surface area contributed by atoms with Gasteiger partial charge in [0.25, 0.3) is 0 Å². The van der Waals surface area contributed by atoms with Crippen LogP contribution < -0.4 is 0 Å². The van der Waals surface area contributed by atoms with Gasteiger partial charge in [-0.1, -0.05) is 53.6 Å². The molecule has 0 bridgehead atoms. The maximum atomic E-state index is 11.9. The number of rotatable bonds is 3. The van der Waals surface area contributed by atoms with Crippen molar-refractivity contribution in [2.45, 2.75) is 13.8 Å². The lowest BCUT2D eigenvalue weighted by Gasteiger charge is -2.05. The fourth-order valence-electron chi connectivity index (χ4n) is 3.01. The van der Waals surface area contributed by atoms with Crippen molar-refractivity contribution in [1.82, 2.24) is 9.38 Å². The number of carbonyl (C=O) groups is 1. The van der Waals surface area contributed by atoms with Gasteiger partial charge in [0.2, 0.25) is 0 Å². The molecule has 2 aromatic carbocycles. The van der Waals surface area contributed by atoms with Crippen LogP contribution in [0.2, 0.25) is 5.02 Å². The van der Waals surface area contributed by atoms with Gasteiger partial charge in [0.1, 0.15) is 11.4 Å². The maximum Gasteiger partial charge on any atom is 0.195 e. The Bertz CT molecular complexity index is 1080. The molecule has 0 aliphatic rings. The molecule has 0 unspecified atom stereocenters. The van der Waals surface area contributed by atoms with Gasteiger partial charge in [-0.25, -0.2) is 4.98 Å². The lowest BCUT2D eigenvalue weighted by atomic mass is 10.1. The monoisotopic (exact) mass is 366 g/mol. The summed E-state index contributed by atoms with van der Waals surface area (Å²) in [6.07, 6.45) is 0.890. The highest BCUT2D eigenvalue weighted by Gasteiger charge is 2.20. The minimum Gasteiger partial charge on any atom is -0.296 e. The number of aromatic nitrogens is 2. The molecule has 0 radical (unpaired) electrons. The molecule has 2 aromatic heterocycles. The van der Waals surface area contributed by atoms with Gasteiger partial charge in [-0.2, -0.15) is 0 Å². The summed E-state index contributed by atoms with van der Waals surface area (Å²) in [5, 5.41) is 0.689. The van der Waals surface area contributed by atoms with Gasteiger partial charge in [-0.3, -0.25) is 9.20 Å². The third-order valence-electron chi connectivity index (χ3n) is 4.24. The zero-order valence-electron chi connectivity index (χ0n) is 13.8. The van der Waals surface area contributed by atoms with Crippen LogP contribution in [0.4, 0.5) is 0 Å². The number of carbonyl (C=O) groups excluding carboxylic acids is 1. The SMILES string of the molecule is Cc1ccc(-c2nc3sc(C)c(-c4ccc(Cl)cc4)n3c2C=O)cc1. The number of hydrogen-bond acceptors (Lipinski definition) is 3. The molecule has 0 aliphatic carbocycles. The van der Waals surface area contributed by atoms with Crippen molar-refractivity contribution < 1.29 is 4.79 Å². The van der Waals surface area contributed by atoms with Gasteiger partial charge in [0.15, 0.2) is 11.2 Å². The molecular weight excluding hydrogens is 352 g/mol. The summed E-state index contributed by atoms with van der Waals surface area (Å²) in [6.45, 7) is 4.08. The van der Waals surface area contributed by atoms with Crippen molar-refractivity contribution in [2.75, 3.05) is 0 Å². The van der Waals surface area contributed by atoms with E-state index < -0.39 is 0 Å². The molecule has 0 saturated heterocycles. The van der Waals surface area contributed by atoms with Crippen LogP contribution in [0.1, 0.15) is 20.9 Å². The molecule has 0 spiro atoms. The van der Waals surface area contributed by atoms with Crippen molar-refractivity contribution in [2.24, 2.45) is 0 Å². The normalized spacial score (nSPS) is 11.2. The van der Waals surface area contributed by atoms with Crippen molar-refractivity contribution >= 4 is 34.2 Å². The summed E-state index contributed by atoms with van der Waals surface area (Å²) in [6, 6.07) is 15.7. The van der Waals surface area contributed by atoms with Crippen molar-refractivity contribution in [3.8, 4) is 22.5 Å². The quantitative estimate of drug-likeness (QED) is 0.428. The lowest BCUT2D eigenvalue weighted by Crippen LogP contribution is -1.95. The summed E-state index contributed by atoms with van der Waals surface area (Å²) in [5.74, 6) is 0. The fourth-order valence-corrected chi connectivity index (χ4v) is 4.14. The number of halogens is 1. The van der Waals surface area contributed by atoms with E-state index >= 15 is 0 Å². The first kappa shape index (κ1) is 16.1. The molecule has 4 rings (SSSR count). The van der Waals surface area contributed by atoms with Gasteiger partial charge >= 0.3 is 0 Å². The zero-order valence-corrected chi connectivity index (χ0v) is 15.4. The predicted molar refractivity (Wildman–Crippen MR) is 104 cm³/mol. The van der Waals surface area contributed by atoms with E-state index in [0.717, 1.165) is 38.6 Å². The van der Waals surface area contributed by atoms with E-state index in [1.807, 2.05) is 66.8 Å². The highest BCUT2D eigenvalue weighted by molar-refractivity contribution is 7.17. The van der Waals surface area contributed by atoms with E-state index in [9.17, 15) is 4.79 Å². The molecule has 0 amide bonds. The van der Waals surface area contributed by atoms with Crippen LogP contribution in [-0.2, 0) is 0 Å². The van der Waals surface area contributed by atoms with E-state index in [1.165, 1.54) is 5.56 Å². The number of fused-ring (bicyclic) bond motifs is 1. The Balaban J connectivity index is 1.99. The van der Waals surface area contributed by atoms with Gasteiger partial charge in [-0.15, -0.1) is 11.3 Å². The van der Waals surface area contributed by atoms with Gasteiger partial charge in [-0.05, 0) is 31.5 Å². The minimum atomic E-state index is 0.577.